The maximum atomic E-state index is 5.53. The van der Waals surface area contributed by atoms with Crippen molar-refractivity contribution in [1.82, 2.24) is 10.1 Å². The van der Waals surface area contributed by atoms with Crippen molar-refractivity contribution in [2.45, 2.75) is 25.7 Å². The van der Waals surface area contributed by atoms with Crippen LogP contribution in [0.3, 0.4) is 0 Å². The molecule has 0 saturated carbocycles. The molecule has 1 aromatic heterocycles. The van der Waals surface area contributed by atoms with Gasteiger partial charge in [0.25, 0.3) is 0 Å². The molecule has 5 nitrogen and oxygen atoms in total. The predicted octanol–water partition coefficient (Wildman–Crippen LogP) is 2.81. The fourth-order valence-corrected chi connectivity index (χ4v) is 3.08. The van der Waals surface area contributed by atoms with Crippen molar-refractivity contribution in [3.05, 3.63) is 29.7 Å². The largest absolute Gasteiger partial charge is 0.493 e. The lowest BCUT2D eigenvalue weighted by Crippen LogP contribution is -2.23. The van der Waals surface area contributed by atoms with Crippen molar-refractivity contribution in [2.75, 3.05) is 19.8 Å². The lowest BCUT2D eigenvalue weighted by atomic mass is 9.90. The third kappa shape index (κ3) is 2.31. The first kappa shape index (κ1) is 12.8. The number of hydrogen-bond acceptors (Lipinski definition) is 5. The number of ether oxygens (including phenoxy) is 2. The van der Waals surface area contributed by atoms with Crippen molar-refractivity contribution in [2.24, 2.45) is 5.92 Å². The van der Waals surface area contributed by atoms with Gasteiger partial charge in [-0.25, -0.2) is 0 Å². The van der Waals surface area contributed by atoms with E-state index in [9.17, 15) is 0 Å². The minimum atomic E-state index is 0.303. The fraction of sp³-hybridized carbons (Fsp3) is 0.500. The smallest absolute Gasteiger partial charge is 0.230 e. The summed E-state index contributed by atoms with van der Waals surface area (Å²) in [6.45, 7) is 4.46. The standard InChI is InChI=1S/C16H18N2O3/c1-10-9-19-6-5-13(10)16-17-15(18-21-16)12-2-3-14-11(8-12)4-7-20-14/h2-3,8,10,13H,4-7,9H2,1H3. The highest BCUT2D eigenvalue weighted by atomic mass is 16.5. The highest BCUT2D eigenvalue weighted by Gasteiger charge is 2.28. The molecule has 110 valence electrons. The minimum Gasteiger partial charge on any atom is -0.493 e. The fourth-order valence-electron chi connectivity index (χ4n) is 3.08. The Morgan fingerprint density at radius 2 is 2.19 bits per heavy atom. The summed E-state index contributed by atoms with van der Waals surface area (Å²) < 4.78 is 16.5. The Labute approximate surface area is 123 Å². The van der Waals surface area contributed by atoms with E-state index in [-0.39, 0.29) is 0 Å². The number of nitrogens with zero attached hydrogens (tertiary/aromatic N) is 2. The molecule has 2 aliphatic rings. The molecule has 2 aliphatic heterocycles. The molecule has 0 spiro atoms. The van der Waals surface area contributed by atoms with Crippen molar-refractivity contribution in [3.63, 3.8) is 0 Å². The van der Waals surface area contributed by atoms with Gasteiger partial charge in [-0.15, -0.1) is 0 Å². The molecule has 0 bridgehead atoms. The summed E-state index contributed by atoms with van der Waals surface area (Å²) in [6.07, 6.45) is 1.89. The predicted molar refractivity (Wildman–Crippen MR) is 76.3 cm³/mol. The van der Waals surface area contributed by atoms with Crippen LogP contribution in [-0.4, -0.2) is 30.0 Å². The topological polar surface area (TPSA) is 57.4 Å². The molecular weight excluding hydrogens is 268 g/mol. The van der Waals surface area contributed by atoms with E-state index in [1.54, 1.807) is 0 Å². The van der Waals surface area contributed by atoms with Crippen LogP contribution in [0.5, 0.6) is 5.75 Å². The molecule has 21 heavy (non-hydrogen) atoms. The van der Waals surface area contributed by atoms with Gasteiger partial charge in [-0.2, -0.15) is 4.98 Å². The van der Waals surface area contributed by atoms with E-state index in [0.29, 0.717) is 17.7 Å². The highest BCUT2D eigenvalue weighted by molar-refractivity contribution is 5.59. The molecule has 5 heteroatoms. The van der Waals surface area contributed by atoms with Crippen LogP contribution in [0.1, 0.15) is 30.7 Å². The Bertz CT molecular complexity index is 653. The first-order chi connectivity index (χ1) is 10.3. The summed E-state index contributed by atoms with van der Waals surface area (Å²) in [5, 5.41) is 4.15. The molecule has 1 fully saturated rings. The van der Waals surface area contributed by atoms with Crippen molar-refractivity contribution in [3.8, 4) is 17.1 Å². The number of fused-ring (bicyclic) bond motifs is 1. The van der Waals surface area contributed by atoms with E-state index >= 15 is 0 Å². The third-order valence-corrected chi connectivity index (χ3v) is 4.35. The Morgan fingerprint density at radius 1 is 1.24 bits per heavy atom. The number of benzene rings is 1. The van der Waals surface area contributed by atoms with Gasteiger partial charge in [-0.05, 0) is 36.1 Å². The van der Waals surface area contributed by atoms with Gasteiger partial charge >= 0.3 is 0 Å². The van der Waals surface area contributed by atoms with Crippen LogP contribution in [0, 0.1) is 5.92 Å². The molecule has 0 amide bonds. The van der Waals surface area contributed by atoms with Crippen LogP contribution in [0.4, 0.5) is 0 Å². The number of rotatable bonds is 2. The molecule has 2 aromatic rings. The van der Waals surface area contributed by atoms with Crippen molar-refractivity contribution >= 4 is 0 Å². The van der Waals surface area contributed by atoms with E-state index in [0.717, 1.165) is 49.9 Å². The quantitative estimate of drug-likeness (QED) is 0.849. The monoisotopic (exact) mass is 286 g/mol. The van der Waals surface area contributed by atoms with E-state index in [1.807, 2.05) is 12.1 Å². The summed E-state index contributed by atoms with van der Waals surface area (Å²) in [5.41, 5.74) is 2.22. The van der Waals surface area contributed by atoms with Gasteiger partial charge in [-0.3, -0.25) is 0 Å². The van der Waals surface area contributed by atoms with Gasteiger partial charge in [0.2, 0.25) is 11.7 Å². The summed E-state index contributed by atoms with van der Waals surface area (Å²) in [6, 6.07) is 6.08. The number of hydrogen-bond donors (Lipinski definition) is 0. The van der Waals surface area contributed by atoms with E-state index in [1.165, 1.54) is 5.56 Å². The van der Waals surface area contributed by atoms with Gasteiger partial charge in [0.15, 0.2) is 0 Å². The second-order valence-electron chi connectivity index (χ2n) is 5.82. The Morgan fingerprint density at radius 3 is 3.10 bits per heavy atom. The van der Waals surface area contributed by atoms with Gasteiger partial charge in [0, 0.05) is 31.1 Å². The van der Waals surface area contributed by atoms with Gasteiger partial charge < -0.3 is 14.0 Å². The molecule has 0 radical (unpaired) electrons. The van der Waals surface area contributed by atoms with Crippen LogP contribution < -0.4 is 4.74 Å². The second kappa shape index (κ2) is 5.15. The molecule has 2 atom stereocenters. The molecule has 3 heterocycles. The Balaban J connectivity index is 1.62. The lowest BCUT2D eigenvalue weighted by Gasteiger charge is -2.25. The minimum absolute atomic E-state index is 0.303. The maximum absolute atomic E-state index is 5.53. The average molecular weight is 286 g/mol. The summed E-state index contributed by atoms with van der Waals surface area (Å²) in [4.78, 5) is 4.61. The first-order valence-corrected chi connectivity index (χ1v) is 7.49. The van der Waals surface area contributed by atoms with Crippen LogP contribution in [-0.2, 0) is 11.2 Å². The molecule has 4 rings (SSSR count). The SMILES string of the molecule is CC1COCCC1c1nc(-c2ccc3c(c2)CCO3)no1. The molecule has 0 N–H and O–H groups in total. The van der Waals surface area contributed by atoms with E-state index in [2.05, 4.69) is 23.1 Å². The lowest BCUT2D eigenvalue weighted by molar-refractivity contribution is 0.0392. The third-order valence-electron chi connectivity index (χ3n) is 4.35. The van der Waals surface area contributed by atoms with Crippen molar-refractivity contribution in [1.29, 1.82) is 0 Å². The van der Waals surface area contributed by atoms with Crippen LogP contribution in [0.25, 0.3) is 11.4 Å². The second-order valence-corrected chi connectivity index (χ2v) is 5.82. The molecule has 0 aliphatic carbocycles. The normalized spacial score (nSPS) is 24.6. The number of aromatic nitrogens is 2. The zero-order chi connectivity index (χ0) is 14.2. The summed E-state index contributed by atoms with van der Waals surface area (Å²) in [5.74, 6) is 3.09. The summed E-state index contributed by atoms with van der Waals surface area (Å²) >= 11 is 0. The molecule has 2 unspecified atom stereocenters. The average Bonchev–Trinajstić information content (AvgIpc) is 3.16. The van der Waals surface area contributed by atoms with Crippen LogP contribution in [0.15, 0.2) is 22.7 Å². The zero-order valence-electron chi connectivity index (χ0n) is 12.0. The van der Waals surface area contributed by atoms with Gasteiger partial charge in [0.1, 0.15) is 5.75 Å². The first-order valence-electron chi connectivity index (χ1n) is 7.49. The van der Waals surface area contributed by atoms with Crippen LogP contribution >= 0.6 is 0 Å². The van der Waals surface area contributed by atoms with E-state index < -0.39 is 0 Å². The highest BCUT2D eigenvalue weighted by Crippen LogP contribution is 2.33. The Hall–Kier alpha value is -1.88. The summed E-state index contributed by atoms with van der Waals surface area (Å²) in [7, 11) is 0. The maximum Gasteiger partial charge on any atom is 0.230 e. The van der Waals surface area contributed by atoms with Gasteiger partial charge in [-0.1, -0.05) is 12.1 Å². The van der Waals surface area contributed by atoms with Crippen LogP contribution in [0.2, 0.25) is 0 Å². The molecular formula is C16H18N2O3. The van der Waals surface area contributed by atoms with Gasteiger partial charge in [0.05, 0.1) is 6.61 Å². The Kier molecular flexibility index (Phi) is 3.15. The molecule has 1 aromatic carbocycles. The molecule has 1 saturated heterocycles. The van der Waals surface area contributed by atoms with Crippen molar-refractivity contribution < 1.29 is 14.0 Å². The van der Waals surface area contributed by atoms with E-state index in [4.69, 9.17) is 14.0 Å². The zero-order valence-corrected chi connectivity index (χ0v) is 12.0.